The first-order valence-corrected chi connectivity index (χ1v) is 4.53. The van der Waals surface area contributed by atoms with E-state index >= 15 is 0 Å². The van der Waals surface area contributed by atoms with Crippen molar-refractivity contribution in [3.8, 4) is 0 Å². The van der Waals surface area contributed by atoms with E-state index in [2.05, 4.69) is 4.98 Å². The molecule has 0 fully saturated rings. The van der Waals surface area contributed by atoms with E-state index in [1.807, 2.05) is 30.5 Å². The fraction of sp³-hybridized carbons (Fsp3) is 0.200. The Labute approximate surface area is 85.7 Å². The SMILES string of the molecule is [B]C(N)C([B])c1c[nH]c2ccccc12. The van der Waals surface area contributed by atoms with E-state index in [9.17, 15) is 0 Å². The van der Waals surface area contributed by atoms with E-state index in [1.165, 1.54) is 0 Å². The van der Waals surface area contributed by atoms with E-state index in [-0.39, 0.29) is 5.82 Å². The number of hydrogen-bond acceptors (Lipinski definition) is 1. The first-order chi connectivity index (χ1) is 6.70. The van der Waals surface area contributed by atoms with Crippen molar-refractivity contribution in [2.45, 2.75) is 11.8 Å². The Kier molecular flexibility index (Phi) is 2.38. The minimum Gasteiger partial charge on any atom is -0.361 e. The molecule has 14 heavy (non-hydrogen) atoms. The van der Waals surface area contributed by atoms with E-state index in [4.69, 9.17) is 21.4 Å². The van der Waals surface area contributed by atoms with Crippen molar-refractivity contribution >= 4 is 26.6 Å². The van der Waals surface area contributed by atoms with Crippen LogP contribution in [0.3, 0.4) is 0 Å². The Morgan fingerprint density at radius 2 is 1.93 bits per heavy atom. The van der Waals surface area contributed by atoms with Gasteiger partial charge in [-0.2, -0.15) is 0 Å². The van der Waals surface area contributed by atoms with E-state index < -0.39 is 5.94 Å². The molecule has 2 unspecified atom stereocenters. The van der Waals surface area contributed by atoms with Crippen LogP contribution < -0.4 is 5.73 Å². The maximum Gasteiger partial charge on any atom is 0.0901 e. The zero-order valence-corrected chi connectivity index (χ0v) is 7.77. The van der Waals surface area contributed by atoms with Gasteiger partial charge >= 0.3 is 0 Å². The Morgan fingerprint density at radius 1 is 1.21 bits per heavy atom. The number of H-pyrrole nitrogens is 1. The number of para-hydroxylation sites is 1. The highest BCUT2D eigenvalue weighted by molar-refractivity contribution is 6.22. The summed E-state index contributed by atoms with van der Waals surface area (Å²) in [6.07, 6.45) is 1.86. The molecule has 0 saturated heterocycles. The van der Waals surface area contributed by atoms with Crippen LogP contribution >= 0.6 is 0 Å². The lowest BCUT2D eigenvalue weighted by Crippen LogP contribution is -2.28. The normalized spacial score (nSPS) is 15.5. The smallest absolute Gasteiger partial charge is 0.0901 e. The average Bonchev–Trinajstić information content (AvgIpc) is 2.60. The average molecular weight is 180 g/mol. The van der Waals surface area contributed by atoms with Crippen molar-refractivity contribution in [3.05, 3.63) is 36.0 Å². The molecule has 1 aromatic heterocycles. The highest BCUT2D eigenvalue weighted by Gasteiger charge is 2.13. The van der Waals surface area contributed by atoms with Gasteiger partial charge in [0.05, 0.1) is 15.7 Å². The number of fused-ring (bicyclic) bond motifs is 1. The monoisotopic (exact) mass is 180 g/mol. The van der Waals surface area contributed by atoms with Gasteiger partial charge in [-0.05, 0) is 23.4 Å². The van der Waals surface area contributed by atoms with Crippen LogP contribution in [0.4, 0.5) is 0 Å². The van der Waals surface area contributed by atoms with Crippen LogP contribution in [0.15, 0.2) is 30.5 Å². The van der Waals surface area contributed by atoms with Crippen molar-refractivity contribution in [2.24, 2.45) is 5.73 Å². The molecule has 0 spiro atoms. The Balaban J connectivity index is 2.53. The van der Waals surface area contributed by atoms with Crippen molar-refractivity contribution in [2.75, 3.05) is 0 Å². The fourth-order valence-corrected chi connectivity index (χ4v) is 1.58. The zero-order valence-electron chi connectivity index (χ0n) is 7.77. The van der Waals surface area contributed by atoms with Gasteiger partial charge in [0, 0.05) is 17.1 Å². The van der Waals surface area contributed by atoms with Crippen molar-refractivity contribution in [3.63, 3.8) is 0 Å². The second kappa shape index (κ2) is 3.54. The summed E-state index contributed by atoms with van der Waals surface area (Å²) in [5, 5.41) is 1.08. The van der Waals surface area contributed by atoms with Gasteiger partial charge in [0.25, 0.3) is 0 Å². The summed E-state index contributed by atoms with van der Waals surface area (Å²) in [5.74, 6) is -0.861. The van der Waals surface area contributed by atoms with Crippen LogP contribution in [-0.4, -0.2) is 26.6 Å². The molecule has 0 bridgehead atoms. The summed E-state index contributed by atoms with van der Waals surface area (Å²) in [6.45, 7) is 0. The third-order valence-electron chi connectivity index (χ3n) is 2.40. The molecular formula is C10H10B2N2. The highest BCUT2D eigenvalue weighted by Crippen LogP contribution is 2.24. The van der Waals surface area contributed by atoms with E-state index in [0.29, 0.717) is 0 Å². The standard InChI is InChI=1S/C10H10B2N2/c11-9(10(12)13)7-5-14-8-4-2-1-3-6(7)8/h1-5,9-10,14H,13H2. The van der Waals surface area contributed by atoms with Crippen LogP contribution in [0, 0.1) is 0 Å². The lowest BCUT2D eigenvalue weighted by atomic mass is 9.69. The highest BCUT2D eigenvalue weighted by atomic mass is 14.7. The van der Waals surface area contributed by atoms with Gasteiger partial charge in [-0.25, -0.2) is 0 Å². The molecular weight excluding hydrogens is 170 g/mol. The summed E-state index contributed by atoms with van der Waals surface area (Å²) >= 11 is 0. The molecule has 0 amide bonds. The number of nitrogens with two attached hydrogens (primary N) is 1. The van der Waals surface area contributed by atoms with Crippen molar-refractivity contribution in [1.29, 1.82) is 0 Å². The fourth-order valence-electron chi connectivity index (χ4n) is 1.58. The quantitative estimate of drug-likeness (QED) is 0.660. The number of rotatable bonds is 2. The molecule has 0 aliphatic rings. The summed E-state index contributed by atoms with van der Waals surface area (Å²) in [6, 6.07) is 7.93. The van der Waals surface area contributed by atoms with Gasteiger partial charge in [0.1, 0.15) is 0 Å². The predicted molar refractivity (Wildman–Crippen MR) is 60.5 cm³/mol. The largest absolute Gasteiger partial charge is 0.361 e. The summed E-state index contributed by atoms with van der Waals surface area (Å²) in [7, 11) is 11.4. The van der Waals surface area contributed by atoms with Crippen LogP contribution in [0.2, 0.25) is 0 Å². The zero-order chi connectivity index (χ0) is 10.1. The summed E-state index contributed by atoms with van der Waals surface area (Å²) in [4.78, 5) is 3.13. The molecule has 0 aliphatic heterocycles. The molecule has 4 heteroatoms. The molecule has 1 aromatic carbocycles. The maximum atomic E-state index is 5.88. The molecule has 2 rings (SSSR count). The van der Waals surface area contributed by atoms with Gasteiger partial charge in [0.15, 0.2) is 0 Å². The van der Waals surface area contributed by atoms with E-state index in [1.54, 1.807) is 0 Å². The Bertz CT molecular complexity index is 436. The summed E-state index contributed by atoms with van der Waals surface area (Å²) < 4.78 is 0. The second-order valence-electron chi connectivity index (χ2n) is 3.39. The predicted octanol–water partition coefficient (Wildman–Crippen LogP) is 0.831. The van der Waals surface area contributed by atoms with Gasteiger partial charge in [-0.15, -0.1) is 0 Å². The molecule has 2 aromatic rings. The van der Waals surface area contributed by atoms with Gasteiger partial charge in [0.2, 0.25) is 0 Å². The third-order valence-corrected chi connectivity index (χ3v) is 2.40. The van der Waals surface area contributed by atoms with Crippen LogP contribution in [0.25, 0.3) is 10.9 Å². The molecule has 0 aliphatic carbocycles. The van der Waals surface area contributed by atoms with Crippen molar-refractivity contribution < 1.29 is 0 Å². The van der Waals surface area contributed by atoms with Gasteiger partial charge in [-0.3, -0.25) is 0 Å². The third kappa shape index (κ3) is 1.46. The summed E-state index contributed by atoms with van der Waals surface area (Å²) in [5.41, 5.74) is 7.58. The minimum atomic E-state index is -0.533. The molecule has 2 atom stereocenters. The number of hydrogen-bond donors (Lipinski definition) is 2. The van der Waals surface area contributed by atoms with Crippen LogP contribution in [0.5, 0.6) is 0 Å². The Hall–Kier alpha value is -1.15. The lowest BCUT2D eigenvalue weighted by Gasteiger charge is -2.15. The maximum absolute atomic E-state index is 5.88. The minimum absolute atomic E-state index is 0.328. The molecule has 3 N–H and O–H groups in total. The van der Waals surface area contributed by atoms with Crippen LogP contribution in [-0.2, 0) is 0 Å². The van der Waals surface area contributed by atoms with Gasteiger partial charge in [-0.1, -0.05) is 18.2 Å². The van der Waals surface area contributed by atoms with Crippen LogP contribution in [0.1, 0.15) is 11.4 Å². The number of aromatic nitrogens is 1. The number of benzene rings is 1. The first-order valence-electron chi connectivity index (χ1n) is 4.53. The first kappa shape index (κ1) is 9.41. The lowest BCUT2D eigenvalue weighted by molar-refractivity contribution is 0.859. The number of aromatic amines is 1. The topological polar surface area (TPSA) is 41.8 Å². The molecule has 4 radical (unpaired) electrons. The molecule has 66 valence electrons. The molecule has 2 nitrogen and oxygen atoms in total. The molecule has 1 heterocycles. The second-order valence-corrected chi connectivity index (χ2v) is 3.39. The Morgan fingerprint density at radius 3 is 2.64 bits per heavy atom. The van der Waals surface area contributed by atoms with Crippen molar-refractivity contribution in [1.82, 2.24) is 4.98 Å². The van der Waals surface area contributed by atoms with Gasteiger partial charge < -0.3 is 10.7 Å². The number of nitrogens with one attached hydrogen (secondary N) is 1. The van der Waals surface area contributed by atoms with E-state index in [0.717, 1.165) is 16.5 Å². The molecule has 0 saturated carbocycles.